The Morgan fingerprint density at radius 2 is 1.96 bits per heavy atom. The number of amides is 2. The van der Waals surface area contributed by atoms with E-state index >= 15 is 0 Å². The highest BCUT2D eigenvalue weighted by molar-refractivity contribution is 6.32. The molecule has 1 aromatic carbocycles. The summed E-state index contributed by atoms with van der Waals surface area (Å²) in [6, 6.07) is 4.07. The number of rotatable bonds is 5. The first-order valence-corrected chi connectivity index (χ1v) is 7.75. The summed E-state index contributed by atoms with van der Waals surface area (Å²) in [6.45, 7) is 1.16. The zero-order valence-corrected chi connectivity index (χ0v) is 13.9. The molecule has 0 aromatic heterocycles. The predicted octanol–water partition coefficient (Wildman–Crippen LogP) is 2.04. The van der Waals surface area contributed by atoms with Crippen LogP contribution in [-0.2, 0) is 9.59 Å². The second-order valence-corrected chi connectivity index (χ2v) is 5.76. The Morgan fingerprint density at radius 1 is 1.29 bits per heavy atom. The second kappa shape index (κ2) is 8.25. The Kier molecular flexibility index (Phi) is 6.33. The van der Waals surface area contributed by atoms with Crippen molar-refractivity contribution in [1.82, 2.24) is 9.80 Å². The van der Waals surface area contributed by atoms with E-state index in [0.717, 1.165) is 0 Å². The molecule has 1 N–H and O–H groups in total. The maximum absolute atomic E-state index is 12.2. The van der Waals surface area contributed by atoms with Crippen LogP contribution in [0, 0.1) is 0 Å². The molecule has 1 saturated heterocycles. The molecule has 1 aliphatic rings. The van der Waals surface area contributed by atoms with Crippen molar-refractivity contribution < 1.29 is 23.1 Å². The van der Waals surface area contributed by atoms with Crippen molar-refractivity contribution in [1.29, 1.82) is 0 Å². The normalized spacial score (nSPS) is 15.5. The lowest BCUT2D eigenvalue weighted by Gasteiger charge is -2.33. The molecule has 0 spiro atoms. The summed E-state index contributed by atoms with van der Waals surface area (Å²) in [5, 5.41) is 2.64. The summed E-state index contributed by atoms with van der Waals surface area (Å²) in [5.74, 6) is -0.366. The van der Waals surface area contributed by atoms with Crippen molar-refractivity contribution in [2.24, 2.45) is 0 Å². The topological polar surface area (TPSA) is 61.9 Å². The van der Waals surface area contributed by atoms with Crippen molar-refractivity contribution >= 4 is 29.1 Å². The Hall–Kier alpha value is -1.93. The lowest BCUT2D eigenvalue weighted by molar-refractivity contribution is -0.130. The maximum atomic E-state index is 12.2. The molecular formula is C15H18ClF2N3O3. The number of carbonyl (C=O) groups excluding carboxylic acids is 2. The molecule has 2 amide bonds. The number of hydrogen-bond acceptors (Lipinski definition) is 4. The van der Waals surface area contributed by atoms with Gasteiger partial charge >= 0.3 is 6.61 Å². The van der Waals surface area contributed by atoms with Gasteiger partial charge in [-0.15, -0.1) is 0 Å². The van der Waals surface area contributed by atoms with Gasteiger partial charge in [-0.1, -0.05) is 11.6 Å². The van der Waals surface area contributed by atoms with E-state index in [-0.39, 0.29) is 29.1 Å². The number of alkyl halides is 2. The average Bonchev–Trinajstić information content (AvgIpc) is 2.50. The number of benzene rings is 1. The van der Waals surface area contributed by atoms with Gasteiger partial charge in [-0.25, -0.2) is 0 Å². The van der Waals surface area contributed by atoms with Crippen LogP contribution in [0.4, 0.5) is 14.5 Å². The van der Waals surface area contributed by atoms with E-state index in [4.69, 9.17) is 11.6 Å². The molecule has 2 rings (SSSR count). The van der Waals surface area contributed by atoms with E-state index in [2.05, 4.69) is 10.1 Å². The summed E-state index contributed by atoms with van der Waals surface area (Å²) < 4.78 is 28.6. The van der Waals surface area contributed by atoms with Crippen molar-refractivity contribution in [2.75, 3.05) is 38.0 Å². The van der Waals surface area contributed by atoms with Gasteiger partial charge in [0.25, 0.3) is 0 Å². The SMILES string of the molecule is CC(=O)N1CCN(CC(=O)Nc2ccc(OC(F)F)c(Cl)c2)CC1. The minimum Gasteiger partial charge on any atom is -0.433 e. The highest BCUT2D eigenvalue weighted by Crippen LogP contribution is 2.28. The molecular weight excluding hydrogens is 344 g/mol. The van der Waals surface area contributed by atoms with Gasteiger partial charge in [-0.2, -0.15) is 8.78 Å². The van der Waals surface area contributed by atoms with Crippen LogP contribution in [-0.4, -0.2) is 60.9 Å². The zero-order valence-electron chi connectivity index (χ0n) is 13.1. The van der Waals surface area contributed by atoms with E-state index < -0.39 is 6.61 Å². The molecule has 132 valence electrons. The number of hydrogen-bond donors (Lipinski definition) is 1. The minimum absolute atomic E-state index is 0.0110. The summed E-state index contributed by atoms with van der Waals surface area (Å²) in [6.07, 6.45) is 0. The van der Waals surface area contributed by atoms with E-state index in [0.29, 0.717) is 31.9 Å². The first kappa shape index (κ1) is 18.4. The van der Waals surface area contributed by atoms with Gasteiger partial charge in [0.05, 0.1) is 11.6 Å². The number of nitrogens with one attached hydrogen (secondary N) is 1. The number of anilines is 1. The number of piperazine rings is 1. The lowest BCUT2D eigenvalue weighted by Crippen LogP contribution is -2.49. The van der Waals surface area contributed by atoms with Gasteiger partial charge in [-0.3, -0.25) is 14.5 Å². The van der Waals surface area contributed by atoms with Crippen LogP contribution in [0.25, 0.3) is 0 Å². The predicted molar refractivity (Wildman–Crippen MR) is 85.4 cm³/mol. The van der Waals surface area contributed by atoms with Crippen molar-refractivity contribution in [3.63, 3.8) is 0 Å². The minimum atomic E-state index is -2.96. The molecule has 0 unspecified atom stereocenters. The van der Waals surface area contributed by atoms with E-state index in [9.17, 15) is 18.4 Å². The van der Waals surface area contributed by atoms with Crippen molar-refractivity contribution in [2.45, 2.75) is 13.5 Å². The van der Waals surface area contributed by atoms with Gasteiger partial charge in [0.2, 0.25) is 11.8 Å². The molecule has 24 heavy (non-hydrogen) atoms. The van der Waals surface area contributed by atoms with Crippen LogP contribution < -0.4 is 10.1 Å². The van der Waals surface area contributed by atoms with Crippen LogP contribution >= 0.6 is 11.6 Å². The van der Waals surface area contributed by atoms with Crippen LogP contribution in [0.3, 0.4) is 0 Å². The largest absolute Gasteiger partial charge is 0.433 e. The Bertz CT molecular complexity index is 608. The molecule has 0 aliphatic carbocycles. The van der Waals surface area contributed by atoms with E-state index in [1.54, 1.807) is 4.90 Å². The molecule has 0 saturated carbocycles. The lowest BCUT2D eigenvalue weighted by atomic mass is 10.3. The Morgan fingerprint density at radius 3 is 2.50 bits per heavy atom. The van der Waals surface area contributed by atoms with E-state index in [1.807, 2.05) is 4.90 Å². The van der Waals surface area contributed by atoms with E-state index in [1.165, 1.54) is 25.1 Å². The molecule has 0 atom stereocenters. The van der Waals surface area contributed by atoms with Gasteiger partial charge < -0.3 is 15.0 Å². The zero-order chi connectivity index (χ0) is 17.7. The summed E-state index contributed by atoms with van der Waals surface area (Å²) >= 11 is 5.84. The van der Waals surface area contributed by atoms with Crippen LogP contribution in [0.2, 0.25) is 5.02 Å². The molecule has 1 fully saturated rings. The second-order valence-electron chi connectivity index (χ2n) is 5.35. The fourth-order valence-electron chi connectivity index (χ4n) is 2.39. The Labute approximate surface area is 143 Å². The molecule has 0 radical (unpaired) electrons. The molecule has 1 heterocycles. The summed E-state index contributed by atoms with van der Waals surface area (Å²) in [4.78, 5) is 27.0. The van der Waals surface area contributed by atoms with Crippen molar-refractivity contribution in [3.05, 3.63) is 23.2 Å². The molecule has 6 nitrogen and oxygen atoms in total. The summed E-state index contributed by atoms with van der Waals surface area (Å²) in [7, 11) is 0. The number of nitrogens with zero attached hydrogens (tertiary/aromatic N) is 2. The quantitative estimate of drug-likeness (QED) is 0.872. The smallest absolute Gasteiger partial charge is 0.387 e. The number of ether oxygens (including phenoxy) is 1. The fourth-order valence-corrected chi connectivity index (χ4v) is 2.62. The number of carbonyl (C=O) groups is 2. The van der Waals surface area contributed by atoms with Gasteiger partial charge in [0.15, 0.2) is 0 Å². The highest BCUT2D eigenvalue weighted by atomic mass is 35.5. The first-order valence-electron chi connectivity index (χ1n) is 7.37. The van der Waals surface area contributed by atoms with Crippen LogP contribution in [0.15, 0.2) is 18.2 Å². The van der Waals surface area contributed by atoms with Gasteiger partial charge in [0.1, 0.15) is 5.75 Å². The Balaban J connectivity index is 1.84. The monoisotopic (exact) mass is 361 g/mol. The third-order valence-corrected chi connectivity index (χ3v) is 3.91. The average molecular weight is 362 g/mol. The molecule has 1 aromatic rings. The fraction of sp³-hybridized carbons (Fsp3) is 0.467. The third kappa shape index (κ3) is 5.31. The maximum Gasteiger partial charge on any atom is 0.387 e. The van der Waals surface area contributed by atoms with Gasteiger partial charge in [0, 0.05) is 38.8 Å². The highest BCUT2D eigenvalue weighted by Gasteiger charge is 2.20. The molecule has 0 bridgehead atoms. The first-order chi connectivity index (χ1) is 11.3. The molecule has 1 aliphatic heterocycles. The standard InChI is InChI=1S/C15H18ClF2N3O3/c1-10(22)21-6-4-20(5-7-21)9-14(23)19-11-2-3-13(12(16)8-11)24-15(17)18/h2-3,8,15H,4-7,9H2,1H3,(H,19,23). The third-order valence-electron chi connectivity index (χ3n) is 3.62. The number of halogens is 3. The van der Waals surface area contributed by atoms with Crippen LogP contribution in [0.1, 0.15) is 6.92 Å². The molecule has 9 heteroatoms. The van der Waals surface area contributed by atoms with Gasteiger partial charge in [-0.05, 0) is 18.2 Å². The van der Waals surface area contributed by atoms with Crippen LogP contribution in [0.5, 0.6) is 5.75 Å². The van der Waals surface area contributed by atoms with Crippen molar-refractivity contribution in [3.8, 4) is 5.75 Å². The summed E-state index contributed by atoms with van der Waals surface area (Å²) in [5.41, 5.74) is 0.397.